The van der Waals surface area contributed by atoms with Crippen molar-refractivity contribution in [2.75, 3.05) is 13.1 Å². The van der Waals surface area contributed by atoms with Crippen LogP contribution in [-0.2, 0) is 0 Å². The Morgan fingerprint density at radius 3 is 2.68 bits per heavy atom. The highest BCUT2D eigenvalue weighted by molar-refractivity contribution is 14.0. The molecule has 0 heterocycles. The summed E-state index contributed by atoms with van der Waals surface area (Å²) in [5.41, 5.74) is 0.277. The second kappa shape index (κ2) is 9.78. The van der Waals surface area contributed by atoms with Crippen molar-refractivity contribution < 1.29 is 9.50 Å². The Morgan fingerprint density at radius 1 is 1.36 bits per heavy atom. The molecule has 1 aliphatic carbocycles. The normalized spacial score (nSPS) is 16.2. The number of aliphatic imine (C=N–C) groups is 1. The number of nitrogens with one attached hydrogen (secondary N) is 2. The van der Waals surface area contributed by atoms with Gasteiger partial charge in [0.25, 0.3) is 0 Å². The van der Waals surface area contributed by atoms with Crippen LogP contribution >= 0.6 is 24.0 Å². The van der Waals surface area contributed by atoms with Gasteiger partial charge in [0, 0.05) is 18.2 Å². The van der Waals surface area contributed by atoms with Crippen LogP contribution in [0.25, 0.3) is 0 Å². The first-order valence-corrected chi connectivity index (χ1v) is 7.33. The molecule has 0 aliphatic heterocycles. The molecule has 0 fully saturated rings. The Bertz CT molecular complexity index is 514. The van der Waals surface area contributed by atoms with E-state index in [-0.39, 0.29) is 36.1 Å². The molecule has 1 aromatic rings. The third-order valence-electron chi connectivity index (χ3n) is 3.38. The number of hydrogen-bond acceptors (Lipinski definition) is 2. The van der Waals surface area contributed by atoms with E-state index in [0.29, 0.717) is 12.0 Å². The molecular weight excluding hydrogens is 396 g/mol. The quantitative estimate of drug-likeness (QED) is 0.298. The van der Waals surface area contributed by atoms with Gasteiger partial charge in [-0.1, -0.05) is 30.4 Å². The van der Waals surface area contributed by atoms with Crippen molar-refractivity contribution in [3.8, 4) is 0 Å². The molecular formula is C16H23FIN3O. The smallest absolute Gasteiger partial charge is 0.191 e. The molecule has 1 aliphatic rings. The molecule has 0 saturated heterocycles. The number of rotatable bonds is 5. The fourth-order valence-electron chi connectivity index (χ4n) is 2.27. The van der Waals surface area contributed by atoms with Crippen molar-refractivity contribution in [2.24, 2.45) is 4.99 Å². The number of benzene rings is 1. The van der Waals surface area contributed by atoms with E-state index in [9.17, 15) is 9.50 Å². The maximum Gasteiger partial charge on any atom is 0.191 e. The van der Waals surface area contributed by atoms with Crippen LogP contribution in [0.15, 0.2) is 41.4 Å². The summed E-state index contributed by atoms with van der Waals surface area (Å²) in [6.45, 7) is 2.84. The minimum atomic E-state index is -0.941. The summed E-state index contributed by atoms with van der Waals surface area (Å²) < 4.78 is 13.6. The summed E-state index contributed by atoms with van der Waals surface area (Å²) in [7, 11) is 0. The lowest BCUT2D eigenvalue weighted by Crippen LogP contribution is -2.42. The molecule has 4 nitrogen and oxygen atoms in total. The highest BCUT2D eigenvalue weighted by Crippen LogP contribution is 2.16. The summed E-state index contributed by atoms with van der Waals surface area (Å²) in [6, 6.07) is 6.58. The maximum atomic E-state index is 13.6. The third-order valence-corrected chi connectivity index (χ3v) is 3.38. The second-order valence-corrected chi connectivity index (χ2v) is 5.04. The fourth-order valence-corrected chi connectivity index (χ4v) is 2.27. The van der Waals surface area contributed by atoms with Crippen LogP contribution in [0.1, 0.15) is 31.4 Å². The summed E-state index contributed by atoms with van der Waals surface area (Å²) in [5, 5.41) is 16.5. The minimum Gasteiger partial charge on any atom is -0.386 e. The first-order chi connectivity index (χ1) is 10.2. The van der Waals surface area contributed by atoms with Crippen molar-refractivity contribution in [2.45, 2.75) is 31.9 Å². The zero-order chi connectivity index (χ0) is 15.1. The summed E-state index contributed by atoms with van der Waals surface area (Å²) in [4.78, 5) is 4.34. The van der Waals surface area contributed by atoms with Crippen LogP contribution in [0.5, 0.6) is 0 Å². The maximum absolute atomic E-state index is 13.6. The molecule has 122 valence electrons. The zero-order valence-electron chi connectivity index (χ0n) is 12.6. The number of aliphatic hydroxyl groups excluding tert-OH is 1. The second-order valence-electron chi connectivity index (χ2n) is 5.04. The third kappa shape index (κ3) is 5.57. The molecule has 6 heteroatoms. The van der Waals surface area contributed by atoms with Gasteiger partial charge in [-0.25, -0.2) is 4.39 Å². The topological polar surface area (TPSA) is 56.7 Å². The van der Waals surface area contributed by atoms with Gasteiger partial charge in [-0.15, -0.1) is 24.0 Å². The van der Waals surface area contributed by atoms with Gasteiger partial charge < -0.3 is 15.7 Å². The first kappa shape index (κ1) is 18.9. The molecule has 0 bridgehead atoms. The van der Waals surface area contributed by atoms with Crippen molar-refractivity contribution in [1.82, 2.24) is 10.6 Å². The number of nitrogens with zero attached hydrogens (tertiary/aromatic N) is 1. The lowest BCUT2D eigenvalue weighted by Gasteiger charge is -2.17. The molecule has 22 heavy (non-hydrogen) atoms. The van der Waals surface area contributed by atoms with Crippen LogP contribution in [0.2, 0.25) is 0 Å². The standard InChI is InChI=1S/C16H22FN3O.HI/c1-2-18-16(20-12-7-3-4-8-12)19-11-15(21)13-9-5-6-10-14(13)17;/h3-6,9-10,12,15,21H,2,7-8,11H2,1H3,(H2,18,19,20);1H. The van der Waals surface area contributed by atoms with Crippen LogP contribution in [0.4, 0.5) is 4.39 Å². The lowest BCUT2D eigenvalue weighted by atomic mass is 10.1. The van der Waals surface area contributed by atoms with Crippen molar-refractivity contribution in [1.29, 1.82) is 0 Å². The molecule has 0 aromatic heterocycles. The van der Waals surface area contributed by atoms with Gasteiger partial charge in [0.1, 0.15) is 11.9 Å². The summed E-state index contributed by atoms with van der Waals surface area (Å²) in [6.07, 6.45) is 5.27. The van der Waals surface area contributed by atoms with E-state index in [1.165, 1.54) is 6.07 Å². The van der Waals surface area contributed by atoms with E-state index in [1.807, 2.05) is 6.92 Å². The number of aliphatic hydroxyl groups is 1. The Morgan fingerprint density at radius 2 is 2.05 bits per heavy atom. The van der Waals surface area contributed by atoms with Gasteiger partial charge in [-0.3, -0.25) is 4.99 Å². The minimum absolute atomic E-state index is 0. The summed E-state index contributed by atoms with van der Waals surface area (Å²) in [5.74, 6) is 0.250. The van der Waals surface area contributed by atoms with Crippen molar-refractivity contribution >= 4 is 29.9 Å². The van der Waals surface area contributed by atoms with Crippen LogP contribution in [0.3, 0.4) is 0 Å². The predicted molar refractivity (Wildman–Crippen MR) is 98.1 cm³/mol. The van der Waals surface area contributed by atoms with Crippen LogP contribution in [0, 0.1) is 5.82 Å². The van der Waals surface area contributed by atoms with E-state index in [2.05, 4.69) is 27.8 Å². The average molecular weight is 419 g/mol. The van der Waals surface area contributed by atoms with E-state index in [1.54, 1.807) is 18.2 Å². The van der Waals surface area contributed by atoms with Gasteiger partial charge in [0.2, 0.25) is 0 Å². The molecule has 0 saturated carbocycles. The lowest BCUT2D eigenvalue weighted by molar-refractivity contribution is 0.182. The Hall–Kier alpha value is -1.15. The van der Waals surface area contributed by atoms with Gasteiger partial charge in [-0.2, -0.15) is 0 Å². The van der Waals surface area contributed by atoms with Gasteiger partial charge in [0.05, 0.1) is 6.54 Å². The molecule has 0 radical (unpaired) electrons. The monoisotopic (exact) mass is 419 g/mol. The number of guanidine groups is 1. The predicted octanol–water partition coefficient (Wildman–Crippen LogP) is 2.75. The molecule has 1 atom stereocenters. The summed E-state index contributed by atoms with van der Waals surface area (Å²) >= 11 is 0. The molecule has 2 rings (SSSR count). The fraction of sp³-hybridized carbons (Fsp3) is 0.438. The van der Waals surface area contributed by atoms with E-state index < -0.39 is 11.9 Å². The van der Waals surface area contributed by atoms with Crippen molar-refractivity contribution in [3.05, 3.63) is 47.8 Å². The average Bonchev–Trinajstić information content (AvgIpc) is 2.98. The molecule has 1 unspecified atom stereocenters. The number of halogens is 2. The highest BCUT2D eigenvalue weighted by Gasteiger charge is 2.14. The van der Waals surface area contributed by atoms with E-state index >= 15 is 0 Å². The molecule has 3 N–H and O–H groups in total. The van der Waals surface area contributed by atoms with Crippen LogP contribution < -0.4 is 10.6 Å². The SMILES string of the molecule is CCNC(=NCC(O)c1ccccc1F)NC1CC=CC1.I. The van der Waals surface area contributed by atoms with E-state index in [4.69, 9.17) is 0 Å². The Balaban J connectivity index is 0.00000242. The molecule has 0 spiro atoms. The molecule has 1 aromatic carbocycles. The van der Waals surface area contributed by atoms with Crippen LogP contribution in [-0.4, -0.2) is 30.2 Å². The number of hydrogen-bond donors (Lipinski definition) is 3. The van der Waals surface area contributed by atoms with Crippen molar-refractivity contribution in [3.63, 3.8) is 0 Å². The highest BCUT2D eigenvalue weighted by atomic mass is 127. The Labute approximate surface area is 147 Å². The largest absolute Gasteiger partial charge is 0.386 e. The van der Waals surface area contributed by atoms with E-state index in [0.717, 1.165) is 19.4 Å². The van der Waals surface area contributed by atoms with Gasteiger partial charge in [-0.05, 0) is 25.8 Å². The first-order valence-electron chi connectivity index (χ1n) is 7.33. The van der Waals surface area contributed by atoms with Gasteiger partial charge >= 0.3 is 0 Å². The van der Waals surface area contributed by atoms with Gasteiger partial charge in [0.15, 0.2) is 5.96 Å². The molecule has 0 amide bonds. The Kier molecular flexibility index (Phi) is 8.40. The zero-order valence-corrected chi connectivity index (χ0v) is 15.0.